The molecular formula is C17H27ClN2. The highest BCUT2D eigenvalue weighted by atomic mass is 35.5. The first-order valence-corrected chi connectivity index (χ1v) is 8.14. The van der Waals surface area contributed by atoms with E-state index in [2.05, 4.69) is 50.0 Å². The molecule has 1 fully saturated rings. The third kappa shape index (κ3) is 4.13. The zero-order valence-electron chi connectivity index (χ0n) is 13.1. The molecule has 1 aromatic rings. The van der Waals surface area contributed by atoms with E-state index in [1.54, 1.807) is 0 Å². The Hall–Kier alpha value is -0.730. The molecule has 0 saturated heterocycles. The molecule has 0 bridgehead atoms. The van der Waals surface area contributed by atoms with Crippen molar-refractivity contribution in [3.63, 3.8) is 0 Å². The van der Waals surface area contributed by atoms with Gasteiger partial charge in [0.15, 0.2) is 0 Å². The van der Waals surface area contributed by atoms with Crippen molar-refractivity contribution < 1.29 is 0 Å². The highest BCUT2D eigenvalue weighted by Gasteiger charge is 2.27. The van der Waals surface area contributed by atoms with Crippen LogP contribution >= 0.6 is 11.6 Å². The Kier molecular flexibility index (Phi) is 5.34. The summed E-state index contributed by atoms with van der Waals surface area (Å²) in [5.74, 6) is 0.877. The molecule has 1 aliphatic rings. The smallest absolute Gasteiger partial charge is 0.0471 e. The fourth-order valence-electron chi connectivity index (χ4n) is 2.46. The summed E-state index contributed by atoms with van der Waals surface area (Å²) in [6.07, 6.45) is 2.76. The largest absolute Gasteiger partial charge is 0.369 e. The summed E-state index contributed by atoms with van der Waals surface area (Å²) in [4.78, 5) is 2.51. The van der Waals surface area contributed by atoms with E-state index in [1.807, 2.05) is 6.07 Å². The Morgan fingerprint density at radius 1 is 1.25 bits per heavy atom. The van der Waals surface area contributed by atoms with E-state index in [4.69, 9.17) is 11.6 Å². The zero-order valence-corrected chi connectivity index (χ0v) is 13.9. The monoisotopic (exact) mass is 294 g/mol. The minimum atomic E-state index is 0.468. The fraction of sp³-hybridized carbons (Fsp3) is 0.647. The third-order valence-corrected chi connectivity index (χ3v) is 4.22. The molecule has 1 aromatic carbocycles. The van der Waals surface area contributed by atoms with Crippen molar-refractivity contribution in [1.29, 1.82) is 0 Å². The van der Waals surface area contributed by atoms with Gasteiger partial charge in [-0.3, -0.25) is 0 Å². The lowest BCUT2D eigenvalue weighted by Crippen LogP contribution is -2.34. The van der Waals surface area contributed by atoms with Crippen LogP contribution in [0.2, 0.25) is 5.02 Å². The van der Waals surface area contributed by atoms with Crippen LogP contribution in [0.25, 0.3) is 0 Å². The predicted octanol–water partition coefficient (Wildman–Crippen LogP) is 4.46. The molecule has 20 heavy (non-hydrogen) atoms. The topological polar surface area (TPSA) is 15.3 Å². The second kappa shape index (κ2) is 6.82. The van der Waals surface area contributed by atoms with Crippen LogP contribution < -0.4 is 10.2 Å². The summed E-state index contributed by atoms with van der Waals surface area (Å²) in [7, 11) is 0. The van der Waals surface area contributed by atoms with E-state index < -0.39 is 0 Å². The van der Waals surface area contributed by atoms with Gasteiger partial charge in [-0.25, -0.2) is 0 Å². The van der Waals surface area contributed by atoms with Gasteiger partial charge in [-0.1, -0.05) is 31.5 Å². The van der Waals surface area contributed by atoms with Gasteiger partial charge in [0.2, 0.25) is 0 Å². The molecule has 0 unspecified atom stereocenters. The van der Waals surface area contributed by atoms with Crippen molar-refractivity contribution in [2.24, 2.45) is 5.92 Å². The summed E-state index contributed by atoms with van der Waals surface area (Å²) in [6.45, 7) is 10.9. The molecule has 0 heterocycles. The molecule has 0 atom stereocenters. The molecule has 0 spiro atoms. The minimum Gasteiger partial charge on any atom is -0.369 e. The molecule has 1 aliphatic carbocycles. The molecule has 0 aliphatic heterocycles. The van der Waals surface area contributed by atoms with E-state index in [9.17, 15) is 0 Å². The van der Waals surface area contributed by atoms with Gasteiger partial charge in [-0.05, 0) is 44.7 Å². The van der Waals surface area contributed by atoms with Gasteiger partial charge < -0.3 is 10.2 Å². The first-order valence-electron chi connectivity index (χ1n) is 7.76. The maximum Gasteiger partial charge on any atom is 0.0471 e. The van der Waals surface area contributed by atoms with Gasteiger partial charge in [0.25, 0.3) is 0 Å². The molecule has 2 nitrogen and oxygen atoms in total. The van der Waals surface area contributed by atoms with Crippen LogP contribution in [0.3, 0.4) is 0 Å². The maximum atomic E-state index is 6.45. The van der Waals surface area contributed by atoms with Gasteiger partial charge in [0.1, 0.15) is 0 Å². The lowest BCUT2D eigenvalue weighted by atomic mass is 10.1. The van der Waals surface area contributed by atoms with E-state index in [0.717, 1.165) is 24.0 Å². The molecule has 1 N–H and O–H groups in total. The van der Waals surface area contributed by atoms with Crippen molar-refractivity contribution in [2.75, 3.05) is 11.4 Å². The summed E-state index contributed by atoms with van der Waals surface area (Å²) < 4.78 is 0. The molecule has 2 rings (SSSR count). The highest BCUT2D eigenvalue weighted by molar-refractivity contribution is 6.31. The van der Waals surface area contributed by atoms with Crippen molar-refractivity contribution in [2.45, 2.75) is 59.2 Å². The number of hydrogen-bond donors (Lipinski definition) is 1. The molecule has 0 amide bonds. The first-order chi connectivity index (χ1) is 9.49. The normalized spacial score (nSPS) is 15.2. The Labute approximate surface area is 128 Å². The Morgan fingerprint density at radius 2 is 1.95 bits per heavy atom. The maximum absolute atomic E-state index is 6.45. The average Bonchev–Trinajstić information content (AvgIpc) is 3.17. The van der Waals surface area contributed by atoms with Crippen LogP contribution in [-0.4, -0.2) is 18.6 Å². The summed E-state index contributed by atoms with van der Waals surface area (Å²) in [6, 6.07) is 7.25. The number of anilines is 1. The molecule has 0 aromatic heterocycles. The second-order valence-electron chi connectivity index (χ2n) is 6.46. The van der Waals surface area contributed by atoms with E-state index >= 15 is 0 Å². The van der Waals surface area contributed by atoms with Crippen LogP contribution in [0.5, 0.6) is 0 Å². The van der Waals surface area contributed by atoms with Crippen molar-refractivity contribution in [3.8, 4) is 0 Å². The van der Waals surface area contributed by atoms with Gasteiger partial charge in [-0.15, -0.1) is 0 Å². The SMILES string of the molecule is CC(C)NCc1c(Cl)cccc1N(CC1CC1)C(C)C. The quantitative estimate of drug-likeness (QED) is 0.798. The number of nitrogens with one attached hydrogen (secondary N) is 1. The third-order valence-electron chi connectivity index (χ3n) is 3.87. The van der Waals surface area contributed by atoms with Crippen molar-refractivity contribution >= 4 is 17.3 Å². The van der Waals surface area contributed by atoms with Gasteiger partial charge >= 0.3 is 0 Å². The minimum absolute atomic E-state index is 0.468. The lowest BCUT2D eigenvalue weighted by molar-refractivity contribution is 0.583. The number of halogens is 1. The highest BCUT2D eigenvalue weighted by Crippen LogP contribution is 2.35. The Bertz CT molecular complexity index is 439. The van der Waals surface area contributed by atoms with Gasteiger partial charge in [0.05, 0.1) is 0 Å². The molecule has 3 heteroatoms. The van der Waals surface area contributed by atoms with E-state index in [1.165, 1.54) is 24.1 Å². The first kappa shape index (κ1) is 15.7. The number of nitrogens with zero attached hydrogens (tertiary/aromatic N) is 1. The molecule has 112 valence electrons. The summed E-state index contributed by atoms with van der Waals surface area (Å²) in [5, 5.41) is 4.37. The predicted molar refractivity (Wildman–Crippen MR) is 88.6 cm³/mol. The number of rotatable bonds is 7. The zero-order chi connectivity index (χ0) is 14.7. The summed E-state index contributed by atoms with van der Waals surface area (Å²) >= 11 is 6.45. The van der Waals surface area contributed by atoms with Crippen LogP contribution in [0, 0.1) is 5.92 Å². The lowest BCUT2D eigenvalue weighted by Gasteiger charge is -2.32. The van der Waals surface area contributed by atoms with Crippen molar-refractivity contribution in [1.82, 2.24) is 5.32 Å². The van der Waals surface area contributed by atoms with Crippen LogP contribution in [0.15, 0.2) is 18.2 Å². The van der Waals surface area contributed by atoms with Gasteiger partial charge in [0, 0.05) is 41.4 Å². The average molecular weight is 295 g/mol. The van der Waals surface area contributed by atoms with Crippen LogP contribution in [0.1, 0.15) is 46.1 Å². The Morgan fingerprint density at radius 3 is 2.50 bits per heavy atom. The molecular weight excluding hydrogens is 268 g/mol. The Balaban J connectivity index is 2.24. The fourth-order valence-corrected chi connectivity index (χ4v) is 2.70. The van der Waals surface area contributed by atoms with Crippen LogP contribution in [0.4, 0.5) is 5.69 Å². The van der Waals surface area contributed by atoms with Crippen molar-refractivity contribution in [3.05, 3.63) is 28.8 Å². The van der Waals surface area contributed by atoms with E-state index in [0.29, 0.717) is 12.1 Å². The summed E-state index contributed by atoms with van der Waals surface area (Å²) in [5.41, 5.74) is 2.53. The van der Waals surface area contributed by atoms with Crippen LogP contribution in [-0.2, 0) is 6.54 Å². The molecule has 0 radical (unpaired) electrons. The standard InChI is InChI=1S/C17H27ClN2/c1-12(2)19-10-15-16(18)6-5-7-17(15)20(13(3)4)11-14-8-9-14/h5-7,12-14,19H,8-11H2,1-4H3. The molecule has 1 saturated carbocycles. The number of benzene rings is 1. The number of hydrogen-bond acceptors (Lipinski definition) is 2. The second-order valence-corrected chi connectivity index (χ2v) is 6.87. The van der Waals surface area contributed by atoms with E-state index in [-0.39, 0.29) is 0 Å². The van der Waals surface area contributed by atoms with Gasteiger partial charge in [-0.2, -0.15) is 0 Å².